The average Bonchev–Trinajstić information content (AvgIpc) is 2.60. The number of pyridine rings is 1. The van der Waals surface area contributed by atoms with Crippen molar-refractivity contribution >= 4 is 11.6 Å². The number of methoxy groups -OCH3 is 1. The molecule has 1 heterocycles. The minimum Gasteiger partial charge on any atom is -0.385 e. The summed E-state index contributed by atoms with van der Waals surface area (Å²) >= 11 is 0. The van der Waals surface area contributed by atoms with E-state index in [0.717, 1.165) is 25.1 Å². The lowest BCUT2D eigenvalue weighted by atomic mass is 10.1. The van der Waals surface area contributed by atoms with Gasteiger partial charge in [-0.2, -0.15) is 0 Å². The highest BCUT2D eigenvalue weighted by Gasteiger charge is 2.06. The number of carbonyl (C=O) groups excluding carboxylic acids is 1. The minimum atomic E-state index is -0.111. The van der Waals surface area contributed by atoms with Crippen LogP contribution in [-0.2, 0) is 11.2 Å². The van der Waals surface area contributed by atoms with Crippen molar-refractivity contribution in [1.82, 2.24) is 10.3 Å². The lowest BCUT2D eigenvalue weighted by Crippen LogP contribution is -2.25. The number of anilines is 1. The molecule has 0 saturated heterocycles. The lowest BCUT2D eigenvalue weighted by molar-refractivity contribution is 0.0948. The van der Waals surface area contributed by atoms with Crippen LogP contribution in [-0.4, -0.2) is 37.7 Å². The highest BCUT2D eigenvalue weighted by molar-refractivity contribution is 5.94. The first-order valence-corrected chi connectivity index (χ1v) is 7.79. The van der Waals surface area contributed by atoms with Gasteiger partial charge in [0.1, 0.15) is 0 Å². The average molecular weight is 313 g/mol. The molecule has 0 spiro atoms. The molecule has 122 valence electrons. The summed E-state index contributed by atoms with van der Waals surface area (Å²) in [6.45, 7) is 2.03. The predicted octanol–water partition coefficient (Wildman–Crippen LogP) is 2.50. The van der Waals surface area contributed by atoms with Gasteiger partial charge in [-0.25, -0.2) is 0 Å². The van der Waals surface area contributed by atoms with E-state index in [1.807, 2.05) is 24.3 Å². The summed E-state index contributed by atoms with van der Waals surface area (Å²) in [5, 5.41) is 6.16. The monoisotopic (exact) mass is 313 g/mol. The first-order valence-electron chi connectivity index (χ1n) is 7.79. The molecular weight excluding hydrogens is 290 g/mol. The SMILES string of the molecule is COCCCNC(=O)c1cncc(NCCc2ccccc2)c1. The van der Waals surface area contributed by atoms with E-state index in [4.69, 9.17) is 4.74 Å². The number of hydrogen-bond donors (Lipinski definition) is 2. The van der Waals surface area contributed by atoms with Crippen LogP contribution in [0.4, 0.5) is 5.69 Å². The quantitative estimate of drug-likeness (QED) is 0.698. The van der Waals surface area contributed by atoms with Crippen LogP contribution < -0.4 is 10.6 Å². The van der Waals surface area contributed by atoms with Crippen molar-refractivity contribution in [1.29, 1.82) is 0 Å². The normalized spacial score (nSPS) is 10.3. The van der Waals surface area contributed by atoms with Gasteiger partial charge in [0, 0.05) is 39.2 Å². The fourth-order valence-electron chi connectivity index (χ4n) is 2.18. The fraction of sp³-hybridized carbons (Fsp3) is 0.333. The summed E-state index contributed by atoms with van der Waals surface area (Å²) in [6, 6.07) is 12.1. The molecule has 0 aliphatic heterocycles. The van der Waals surface area contributed by atoms with Gasteiger partial charge in [0.05, 0.1) is 11.3 Å². The molecular formula is C18H23N3O2. The van der Waals surface area contributed by atoms with E-state index in [0.29, 0.717) is 18.7 Å². The van der Waals surface area contributed by atoms with Crippen molar-refractivity contribution in [2.45, 2.75) is 12.8 Å². The third kappa shape index (κ3) is 6.08. The van der Waals surface area contributed by atoms with Gasteiger partial charge in [0.25, 0.3) is 5.91 Å². The number of carbonyl (C=O) groups is 1. The van der Waals surface area contributed by atoms with Crippen LogP contribution in [0.2, 0.25) is 0 Å². The topological polar surface area (TPSA) is 63.2 Å². The summed E-state index contributed by atoms with van der Waals surface area (Å²) in [4.78, 5) is 16.2. The van der Waals surface area contributed by atoms with E-state index in [1.54, 1.807) is 19.5 Å². The Balaban J connectivity index is 1.80. The molecule has 2 aromatic rings. The molecule has 0 bridgehead atoms. The number of amides is 1. The molecule has 1 amide bonds. The molecule has 5 nitrogen and oxygen atoms in total. The Hall–Kier alpha value is -2.40. The van der Waals surface area contributed by atoms with E-state index in [1.165, 1.54) is 5.56 Å². The van der Waals surface area contributed by atoms with Gasteiger partial charge in [0.15, 0.2) is 0 Å². The summed E-state index contributed by atoms with van der Waals surface area (Å²) < 4.78 is 4.96. The van der Waals surface area contributed by atoms with Crippen LogP contribution in [0.15, 0.2) is 48.8 Å². The third-order valence-corrected chi connectivity index (χ3v) is 3.40. The summed E-state index contributed by atoms with van der Waals surface area (Å²) in [5.74, 6) is -0.111. The molecule has 0 aliphatic rings. The second kappa shape index (κ2) is 9.58. The first-order chi connectivity index (χ1) is 11.3. The zero-order valence-electron chi connectivity index (χ0n) is 13.4. The number of hydrogen-bond acceptors (Lipinski definition) is 4. The largest absolute Gasteiger partial charge is 0.385 e. The Bertz CT molecular complexity index is 602. The van der Waals surface area contributed by atoms with E-state index >= 15 is 0 Å². The Morgan fingerprint density at radius 2 is 2.00 bits per heavy atom. The molecule has 0 atom stereocenters. The molecule has 0 fully saturated rings. The zero-order valence-corrected chi connectivity index (χ0v) is 13.4. The predicted molar refractivity (Wildman–Crippen MR) is 91.7 cm³/mol. The molecule has 2 rings (SSSR count). The smallest absolute Gasteiger partial charge is 0.252 e. The fourth-order valence-corrected chi connectivity index (χ4v) is 2.18. The van der Waals surface area contributed by atoms with Gasteiger partial charge in [-0.3, -0.25) is 9.78 Å². The van der Waals surface area contributed by atoms with Gasteiger partial charge in [-0.1, -0.05) is 30.3 Å². The van der Waals surface area contributed by atoms with Crippen molar-refractivity contribution < 1.29 is 9.53 Å². The highest BCUT2D eigenvalue weighted by Crippen LogP contribution is 2.09. The van der Waals surface area contributed by atoms with Crippen LogP contribution in [0.25, 0.3) is 0 Å². The number of benzene rings is 1. The zero-order chi connectivity index (χ0) is 16.3. The first kappa shape index (κ1) is 17.0. The van der Waals surface area contributed by atoms with Crippen LogP contribution in [0.5, 0.6) is 0 Å². The summed E-state index contributed by atoms with van der Waals surface area (Å²) in [6.07, 6.45) is 5.03. The molecule has 0 unspecified atom stereocenters. The van der Waals surface area contributed by atoms with Crippen LogP contribution in [0.1, 0.15) is 22.3 Å². The van der Waals surface area contributed by atoms with E-state index in [2.05, 4.69) is 27.8 Å². The van der Waals surface area contributed by atoms with Crippen molar-refractivity contribution in [3.63, 3.8) is 0 Å². The van der Waals surface area contributed by atoms with Crippen molar-refractivity contribution in [2.24, 2.45) is 0 Å². The van der Waals surface area contributed by atoms with Gasteiger partial charge in [0.2, 0.25) is 0 Å². The Kier molecular flexibility index (Phi) is 7.07. The molecule has 0 radical (unpaired) electrons. The minimum absolute atomic E-state index is 0.111. The highest BCUT2D eigenvalue weighted by atomic mass is 16.5. The van der Waals surface area contributed by atoms with Crippen LogP contribution >= 0.6 is 0 Å². The van der Waals surface area contributed by atoms with Gasteiger partial charge >= 0.3 is 0 Å². The van der Waals surface area contributed by atoms with Gasteiger partial charge < -0.3 is 15.4 Å². The maximum atomic E-state index is 12.0. The third-order valence-electron chi connectivity index (χ3n) is 3.40. The molecule has 0 aliphatic carbocycles. The second-order valence-corrected chi connectivity index (χ2v) is 5.23. The molecule has 1 aromatic heterocycles. The summed E-state index contributed by atoms with van der Waals surface area (Å²) in [5.41, 5.74) is 2.69. The number of nitrogens with zero attached hydrogens (tertiary/aromatic N) is 1. The Morgan fingerprint density at radius 1 is 1.17 bits per heavy atom. The lowest BCUT2D eigenvalue weighted by Gasteiger charge is -2.08. The number of ether oxygens (including phenoxy) is 1. The molecule has 5 heteroatoms. The van der Waals surface area contributed by atoms with Crippen molar-refractivity contribution in [3.05, 3.63) is 59.9 Å². The van der Waals surface area contributed by atoms with E-state index in [9.17, 15) is 4.79 Å². The Labute approximate surface area is 137 Å². The number of nitrogens with one attached hydrogen (secondary N) is 2. The summed E-state index contributed by atoms with van der Waals surface area (Å²) in [7, 11) is 1.65. The van der Waals surface area contributed by atoms with Crippen LogP contribution in [0.3, 0.4) is 0 Å². The maximum Gasteiger partial charge on any atom is 0.252 e. The number of aromatic nitrogens is 1. The standard InChI is InChI=1S/C18H23N3O2/c1-23-11-5-9-21-18(22)16-12-17(14-19-13-16)20-10-8-15-6-3-2-4-7-15/h2-4,6-7,12-14,20H,5,8-11H2,1H3,(H,21,22). The van der Waals surface area contributed by atoms with Crippen molar-refractivity contribution in [2.75, 3.05) is 32.1 Å². The van der Waals surface area contributed by atoms with E-state index < -0.39 is 0 Å². The molecule has 23 heavy (non-hydrogen) atoms. The van der Waals surface area contributed by atoms with E-state index in [-0.39, 0.29) is 5.91 Å². The second-order valence-electron chi connectivity index (χ2n) is 5.23. The van der Waals surface area contributed by atoms with Crippen molar-refractivity contribution in [3.8, 4) is 0 Å². The molecule has 2 N–H and O–H groups in total. The van der Waals surface area contributed by atoms with Crippen LogP contribution in [0, 0.1) is 0 Å². The maximum absolute atomic E-state index is 12.0. The van der Waals surface area contributed by atoms with Gasteiger partial charge in [-0.15, -0.1) is 0 Å². The van der Waals surface area contributed by atoms with Gasteiger partial charge in [-0.05, 0) is 24.5 Å². The molecule has 0 saturated carbocycles. The molecule has 1 aromatic carbocycles. The number of rotatable bonds is 9. The Morgan fingerprint density at radius 3 is 2.78 bits per heavy atom.